The molecule has 0 saturated carbocycles. The highest BCUT2D eigenvalue weighted by molar-refractivity contribution is 5.72. The first-order valence-electron chi connectivity index (χ1n) is 17.0. The van der Waals surface area contributed by atoms with Gasteiger partial charge in [-0.05, 0) is 51.6 Å². The smallest absolute Gasteiger partial charge is 0.308 e. The molecule has 0 amide bonds. The minimum Gasteiger partial charge on any atom is -0.465 e. The molecule has 0 heterocycles. The first kappa shape index (κ1) is 36.9. The maximum atomic E-state index is 12.7. The molecule has 4 nitrogen and oxygen atoms in total. The SMILES string of the molecule is CCCCCCCCCC(CCCCCC)C(=O)OCCCCCCCCCCCCNCCCCC#N. The van der Waals surface area contributed by atoms with Crippen molar-refractivity contribution in [3.63, 3.8) is 0 Å². The Morgan fingerprint density at radius 1 is 0.605 bits per heavy atom. The topological polar surface area (TPSA) is 62.1 Å². The van der Waals surface area contributed by atoms with Crippen molar-refractivity contribution >= 4 is 5.97 Å². The molecule has 0 bridgehead atoms. The van der Waals surface area contributed by atoms with E-state index in [-0.39, 0.29) is 11.9 Å². The molecule has 0 fully saturated rings. The molecule has 0 aromatic carbocycles. The summed E-state index contributed by atoms with van der Waals surface area (Å²) in [5.41, 5.74) is 0. The minimum atomic E-state index is 0.0849. The Kier molecular flexibility index (Phi) is 31.2. The normalized spacial score (nSPS) is 11.9. The van der Waals surface area contributed by atoms with Crippen LogP contribution in [0.4, 0.5) is 0 Å². The van der Waals surface area contributed by atoms with E-state index in [0.29, 0.717) is 13.0 Å². The lowest BCUT2D eigenvalue weighted by atomic mass is 9.94. The number of esters is 1. The third kappa shape index (κ3) is 27.9. The largest absolute Gasteiger partial charge is 0.465 e. The second kappa shape index (κ2) is 32.1. The van der Waals surface area contributed by atoms with Gasteiger partial charge in [0.05, 0.1) is 18.6 Å². The number of nitrogens with zero attached hydrogens (tertiary/aromatic N) is 1. The molecule has 0 aromatic rings. The Hall–Kier alpha value is -1.08. The molecule has 1 N–H and O–H groups in total. The Morgan fingerprint density at radius 2 is 1.03 bits per heavy atom. The Balaban J connectivity index is 3.66. The van der Waals surface area contributed by atoms with Gasteiger partial charge < -0.3 is 10.1 Å². The van der Waals surface area contributed by atoms with Crippen LogP contribution in [-0.4, -0.2) is 25.7 Å². The van der Waals surface area contributed by atoms with Gasteiger partial charge in [-0.25, -0.2) is 0 Å². The molecule has 0 rings (SSSR count). The van der Waals surface area contributed by atoms with Gasteiger partial charge in [-0.1, -0.05) is 136 Å². The molecular formula is C34H66N2O2. The van der Waals surface area contributed by atoms with E-state index in [1.54, 1.807) is 0 Å². The van der Waals surface area contributed by atoms with E-state index in [1.165, 1.54) is 128 Å². The van der Waals surface area contributed by atoms with Crippen molar-refractivity contribution in [3.8, 4) is 6.07 Å². The summed E-state index contributed by atoms with van der Waals surface area (Å²) in [5.74, 6) is 0.217. The van der Waals surface area contributed by atoms with Crippen LogP contribution in [-0.2, 0) is 9.53 Å². The van der Waals surface area contributed by atoms with E-state index >= 15 is 0 Å². The summed E-state index contributed by atoms with van der Waals surface area (Å²) in [7, 11) is 0. The molecule has 0 aromatic heterocycles. The van der Waals surface area contributed by atoms with E-state index < -0.39 is 0 Å². The average molecular weight is 535 g/mol. The van der Waals surface area contributed by atoms with Gasteiger partial charge in [-0.15, -0.1) is 0 Å². The van der Waals surface area contributed by atoms with Gasteiger partial charge in [0.15, 0.2) is 0 Å². The summed E-state index contributed by atoms with van der Waals surface area (Å²) in [6, 6.07) is 2.20. The number of hydrogen-bond acceptors (Lipinski definition) is 4. The lowest BCUT2D eigenvalue weighted by Gasteiger charge is -2.16. The second-order valence-corrected chi connectivity index (χ2v) is 11.5. The minimum absolute atomic E-state index is 0.0849. The van der Waals surface area contributed by atoms with Gasteiger partial charge in [0, 0.05) is 6.42 Å². The molecule has 38 heavy (non-hydrogen) atoms. The number of ether oxygens (including phenoxy) is 1. The van der Waals surface area contributed by atoms with Crippen LogP contribution < -0.4 is 5.32 Å². The molecule has 1 unspecified atom stereocenters. The third-order valence-electron chi connectivity index (χ3n) is 7.78. The van der Waals surface area contributed by atoms with Crippen molar-refractivity contribution in [1.82, 2.24) is 5.32 Å². The first-order chi connectivity index (χ1) is 18.8. The van der Waals surface area contributed by atoms with Gasteiger partial charge in [-0.2, -0.15) is 5.26 Å². The van der Waals surface area contributed by atoms with E-state index in [4.69, 9.17) is 10.00 Å². The van der Waals surface area contributed by atoms with Crippen molar-refractivity contribution in [3.05, 3.63) is 0 Å². The third-order valence-corrected chi connectivity index (χ3v) is 7.78. The number of nitrogens with one attached hydrogen (secondary N) is 1. The monoisotopic (exact) mass is 535 g/mol. The second-order valence-electron chi connectivity index (χ2n) is 11.5. The van der Waals surface area contributed by atoms with E-state index in [2.05, 4.69) is 25.2 Å². The Labute approximate surface area is 238 Å². The molecule has 0 saturated heterocycles. The highest BCUT2D eigenvalue weighted by Gasteiger charge is 2.19. The van der Waals surface area contributed by atoms with Crippen LogP contribution in [0.5, 0.6) is 0 Å². The Bertz CT molecular complexity index is 517. The summed E-state index contributed by atoms with van der Waals surface area (Å²) in [4.78, 5) is 12.7. The van der Waals surface area contributed by atoms with Crippen molar-refractivity contribution in [2.24, 2.45) is 5.92 Å². The van der Waals surface area contributed by atoms with Crippen molar-refractivity contribution in [2.45, 2.75) is 181 Å². The maximum Gasteiger partial charge on any atom is 0.308 e. The van der Waals surface area contributed by atoms with E-state index in [1.807, 2.05) is 0 Å². The molecule has 4 heteroatoms. The zero-order valence-corrected chi connectivity index (χ0v) is 25.8. The van der Waals surface area contributed by atoms with Gasteiger partial charge >= 0.3 is 5.97 Å². The standard InChI is InChI=1S/C34H66N2O2/c1-3-5-7-9-14-17-22-28-33(27-21-8-6-4-2)34(37)38-32-26-19-16-13-11-10-12-15-18-24-30-36-31-25-20-23-29-35/h33,36H,3-28,30-32H2,1-2H3. The average Bonchev–Trinajstić information content (AvgIpc) is 2.92. The number of carbonyl (C=O) groups is 1. The molecule has 0 spiro atoms. The lowest BCUT2D eigenvalue weighted by molar-refractivity contribution is -0.149. The molecule has 0 aliphatic carbocycles. The predicted molar refractivity (Wildman–Crippen MR) is 164 cm³/mol. The number of nitriles is 1. The summed E-state index contributed by atoms with van der Waals surface area (Å²) < 4.78 is 5.74. The maximum absolute atomic E-state index is 12.7. The van der Waals surface area contributed by atoms with Gasteiger partial charge in [0.25, 0.3) is 0 Å². The first-order valence-corrected chi connectivity index (χ1v) is 17.0. The molecule has 0 aliphatic rings. The van der Waals surface area contributed by atoms with Gasteiger partial charge in [0.2, 0.25) is 0 Å². The van der Waals surface area contributed by atoms with Crippen LogP contribution in [0.15, 0.2) is 0 Å². The molecule has 1 atom stereocenters. The number of carbonyl (C=O) groups excluding carboxylic acids is 1. The number of unbranched alkanes of at least 4 members (excludes halogenated alkanes) is 20. The van der Waals surface area contributed by atoms with Crippen LogP contribution in [0.2, 0.25) is 0 Å². The summed E-state index contributed by atoms with van der Waals surface area (Å²) in [6.07, 6.45) is 31.8. The highest BCUT2D eigenvalue weighted by atomic mass is 16.5. The van der Waals surface area contributed by atoms with Gasteiger partial charge in [-0.3, -0.25) is 4.79 Å². The number of hydrogen-bond donors (Lipinski definition) is 1. The number of rotatable bonds is 31. The molecular weight excluding hydrogens is 468 g/mol. The van der Waals surface area contributed by atoms with Crippen molar-refractivity contribution in [2.75, 3.05) is 19.7 Å². The molecule has 0 aliphatic heterocycles. The van der Waals surface area contributed by atoms with E-state index in [9.17, 15) is 4.79 Å². The predicted octanol–water partition coefficient (Wildman–Crippen LogP) is 10.4. The molecule has 0 radical (unpaired) electrons. The fourth-order valence-corrected chi connectivity index (χ4v) is 5.18. The fourth-order valence-electron chi connectivity index (χ4n) is 5.18. The summed E-state index contributed by atoms with van der Waals surface area (Å²) in [6.45, 7) is 7.31. The quantitative estimate of drug-likeness (QED) is 0.0709. The van der Waals surface area contributed by atoms with Crippen LogP contribution in [0, 0.1) is 17.2 Å². The lowest BCUT2D eigenvalue weighted by Crippen LogP contribution is -2.18. The van der Waals surface area contributed by atoms with Crippen molar-refractivity contribution < 1.29 is 9.53 Å². The molecule has 224 valence electrons. The van der Waals surface area contributed by atoms with Crippen LogP contribution >= 0.6 is 0 Å². The Morgan fingerprint density at radius 3 is 1.55 bits per heavy atom. The summed E-state index contributed by atoms with van der Waals surface area (Å²) >= 11 is 0. The zero-order chi connectivity index (χ0) is 27.8. The summed E-state index contributed by atoms with van der Waals surface area (Å²) in [5, 5.41) is 12.0. The van der Waals surface area contributed by atoms with Crippen molar-refractivity contribution in [1.29, 1.82) is 5.26 Å². The van der Waals surface area contributed by atoms with Crippen LogP contribution in [0.1, 0.15) is 181 Å². The van der Waals surface area contributed by atoms with Gasteiger partial charge in [0.1, 0.15) is 0 Å². The van der Waals surface area contributed by atoms with Crippen LogP contribution in [0.3, 0.4) is 0 Å². The van der Waals surface area contributed by atoms with E-state index in [0.717, 1.165) is 45.2 Å². The highest BCUT2D eigenvalue weighted by Crippen LogP contribution is 2.21. The van der Waals surface area contributed by atoms with Crippen LogP contribution in [0.25, 0.3) is 0 Å². The fraction of sp³-hybridized carbons (Fsp3) is 0.941. The zero-order valence-electron chi connectivity index (χ0n) is 25.8.